The van der Waals surface area contributed by atoms with Gasteiger partial charge in [0.2, 0.25) is 0 Å². The van der Waals surface area contributed by atoms with Crippen LogP contribution in [0.5, 0.6) is 0 Å². The lowest BCUT2D eigenvalue weighted by molar-refractivity contribution is 0.331. The summed E-state index contributed by atoms with van der Waals surface area (Å²) in [6.45, 7) is 4.28. The van der Waals surface area contributed by atoms with Gasteiger partial charge in [-0.3, -0.25) is 4.98 Å². The van der Waals surface area contributed by atoms with Crippen molar-refractivity contribution in [3.8, 4) is 0 Å². The molecule has 0 bridgehead atoms. The Hall–Kier alpha value is -1.94. The maximum atomic E-state index is 4.62. The van der Waals surface area contributed by atoms with Gasteiger partial charge in [-0.05, 0) is 55.6 Å². The van der Waals surface area contributed by atoms with Crippen LogP contribution in [-0.4, -0.2) is 41.5 Å². The number of aromatic nitrogens is 2. The van der Waals surface area contributed by atoms with Crippen LogP contribution in [0.3, 0.4) is 0 Å². The van der Waals surface area contributed by atoms with Gasteiger partial charge in [0.15, 0.2) is 0 Å². The Morgan fingerprint density at radius 3 is 2.50 bits per heavy atom. The van der Waals surface area contributed by atoms with Gasteiger partial charge in [0.1, 0.15) is 5.82 Å². The third kappa shape index (κ3) is 4.04. The van der Waals surface area contributed by atoms with Gasteiger partial charge in [0, 0.05) is 44.8 Å². The van der Waals surface area contributed by atoms with E-state index in [1.807, 2.05) is 18.6 Å². The average molecular weight is 296 g/mol. The quantitative estimate of drug-likeness (QED) is 0.820. The maximum Gasteiger partial charge on any atom is 0.128 e. The molecule has 1 fully saturated rings. The summed E-state index contributed by atoms with van der Waals surface area (Å²) in [5, 5.41) is 0. The van der Waals surface area contributed by atoms with Crippen molar-refractivity contribution < 1.29 is 0 Å². The number of hydrogen-bond donors (Lipinski definition) is 0. The first-order valence-corrected chi connectivity index (χ1v) is 8.08. The largest absolute Gasteiger partial charge is 0.357 e. The van der Waals surface area contributed by atoms with Gasteiger partial charge in [-0.2, -0.15) is 0 Å². The number of pyridine rings is 2. The van der Waals surface area contributed by atoms with Gasteiger partial charge in [0.25, 0.3) is 0 Å². The molecule has 0 spiro atoms. The fourth-order valence-electron chi connectivity index (χ4n) is 2.90. The van der Waals surface area contributed by atoms with Crippen molar-refractivity contribution in [2.45, 2.75) is 25.8 Å². The standard InChI is InChI=1S/C18H24N4/c1-21(13-8-16-6-9-19-10-7-16)15-17-4-5-18(20-14-17)22-11-2-3-12-22/h4-7,9-10,14H,2-3,8,11-13,15H2,1H3. The van der Waals surface area contributed by atoms with Crippen LogP contribution in [0.2, 0.25) is 0 Å². The van der Waals surface area contributed by atoms with Crippen molar-refractivity contribution in [3.05, 3.63) is 54.0 Å². The molecule has 0 aromatic carbocycles. The van der Waals surface area contributed by atoms with Crippen LogP contribution in [0, 0.1) is 0 Å². The lowest BCUT2D eigenvalue weighted by Crippen LogP contribution is -2.21. The third-order valence-electron chi connectivity index (χ3n) is 4.22. The first-order chi connectivity index (χ1) is 10.8. The molecule has 1 saturated heterocycles. The first-order valence-electron chi connectivity index (χ1n) is 8.08. The summed E-state index contributed by atoms with van der Waals surface area (Å²) in [4.78, 5) is 13.4. The van der Waals surface area contributed by atoms with Crippen molar-refractivity contribution in [3.63, 3.8) is 0 Å². The Kier molecular flexibility index (Phi) is 5.01. The highest BCUT2D eigenvalue weighted by Gasteiger charge is 2.13. The van der Waals surface area contributed by atoms with E-state index < -0.39 is 0 Å². The van der Waals surface area contributed by atoms with Crippen LogP contribution >= 0.6 is 0 Å². The van der Waals surface area contributed by atoms with Gasteiger partial charge >= 0.3 is 0 Å². The zero-order valence-corrected chi connectivity index (χ0v) is 13.3. The Labute approximate surface area is 132 Å². The molecule has 3 rings (SSSR count). The molecule has 116 valence electrons. The van der Waals surface area contributed by atoms with E-state index in [1.165, 1.54) is 24.0 Å². The van der Waals surface area contributed by atoms with Crippen molar-refractivity contribution in [2.24, 2.45) is 0 Å². The average Bonchev–Trinajstić information content (AvgIpc) is 3.09. The minimum absolute atomic E-state index is 0.943. The normalized spacial score (nSPS) is 14.7. The molecule has 4 nitrogen and oxygen atoms in total. The molecular weight excluding hydrogens is 272 g/mol. The second-order valence-electron chi connectivity index (χ2n) is 6.06. The molecule has 2 aromatic heterocycles. The molecule has 3 heterocycles. The van der Waals surface area contributed by atoms with Crippen molar-refractivity contribution in [1.29, 1.82) is 0 Å². The molecule has 0 unspecified atom stereocenters. The summed E-state index contributed by atoms with van der Waals surface area (Å²) in [6.07, 6.45) is 9.38. The number of hydrogen-bond acceptors (Lipinski definition) is 4. The van der Waals surface area contributed by atoms with Crippen LogP contribution in [-0.2, 0) is 13.0 Å². The summed E-state index contributed by atoms with van der Waals surface area (Å²) in [5.41, 5.74) is 2.62. The molecule has 0 amide bonds. The van der Waals surface area contributed by atoms with Crippen molar-refractivity contribution >= 4 is 5.82 Å². The van der Waals surface area contributed by atoms with E-state index in [-0.39, 0.29) is 0 Å². The molecule has 1 aliphatic heterocycles. The van der Waals surface area contributed by atoms with E-state index in [2.05, 4.69) is 51.1 Å². The monoisotopic (exact) mass is 296 g/mol. The first kappa shape index (κ1) is 15.0. The van der Waals surface area contributed by atoms with E-state index in [4.69, 9.17) is 0 Å². The summed E-state index contributed by atoms with van der Waals surface area (Å²) >= 11 is 0. The SMILES string of the molecule is CN(CCc1ccncc1)Cc1ccc(N2CCCC2)nc1. The van der Waals surface area contributed by atoms with Crippen LogP contribution in [0.25, 0.3) is 0 Å². The van der Waals surface area contributed by atoms with E-state index in [0.29, 0.717) is 0 Å². The van der Waals surface area contributed by atoms with Crippen LogP contribution in [0.4, 0.5) is 5.82 Å². The predicted molar refractivity (Wildman–Crippen MR) is 90.0 cm³/mol. The Balaban J connectivity index is 1.49. The highest BCUT2D eigenvalue weighted by Crippen LogP contribution is 2.17. The highest BCUT2D eigenvalue weighted by molar-refractivity contribution is 5.40. The molecule has 0 aliphatic carbocycles. The predicted octanol–water partition coefficient (Wildman–Crippen LogP) is 2.75. The zero-order chi connectivity index (χ0) is 15.2. The van der Waals surface area contributed by atoms with Crippen LogP contribution in [0.15, 0.2) is 42.9 Å². The summed E-state index contributed by atoms with van der Waals surface area (Å²) in [7, 11) is 2.16. The lowest BCUT2D eigenvalue weighted by atomic mass is 10.2. The molecule has 0 atom stereocenters. The number of likely N-dealkylation sites (N-methyl/N-ethyl adjacent to an activating group) is 1. The Morgan fingerprint density at radius 2 is 1.82 bits per heavy atom. The molecule has 0 saturated carbocycles. The fraction of sp³-hybridized carbons (Fsp3) is 0.444. The number of rotatable bonds is 6. The smallest absolute Gasteiger partial charge is 0.128 e. The summed E-state index contributed by atoms with van der Waals surface area (Å²) < 4.78 is 0. The van der Waals surface area contributed by atoms with E-state index in [9.17, 15) is 0 Å². The van der Waals surface area contributed by atoms with Gasteiger partial charge in [-0.15, -0.1) is 0 Å². The molecule has 1 aliphatic rings. The minimum atomic E-state index is 0.943. The molecule has 22 heavy (non-hydrogen) atoms. The van der Waals surface area contributed by atoms with Crippen molar-refractivity contribution in [1.82, 2.24) is 14.9 Å². The van der Waals surface area contributed by atoms with E-state index in [1.54, 1.807) is 0 Å². The molecule has 2 aromatic rings. The van der Waals surface area contributed by atoms with Crippen molar-refractivity contribution in [2.75, 3.05) is 31.6 Å². The number of nitrogens with zero attached hydrogens (tertiary/aromatic N) is 4. The van der Waals surface area contributed by atoms with Gasteiger partial charge in [-0.1, -0.05) is 6.07 Å². The van der Waals surface area contributed by atoms with E-state index in [0.717, 1.165) is 38.4 Å². The fourth-order valence-corrected chi connectivity index (χ4v) is 2.90. The number of anilines is 1. The zero-order valence-electron chi connectivity index (χ0n) is 13.3. The Morgan fingerprint density at radius 1 is 1.05 bits per heavy atom. The molecule has 0 radical (unpaired) electrons. The van der Waals surface area contributed by atoms with Gasteiger partial charge in [0.05, 0.1) is 0 Å². The minimum Gasteiger partial charge on any atom is -0.357 e. The topological polar surface area (TPSA) is 32.3 Å². The lowest BCUT2D eigenvalue weighted by Gasteiger charge is -2.19. The summed E-state index contributed by atoms with van der Waals surface area (Å²) in [5.74, 6) is 1.13. The van der Waals surface area contributed by atoms with Crippen LogP contribution < -0.4 is 4.90 Å². The van der Waals surface area contributed by atoms with Gasteiger partial charge < -0.3 is 9.80 Å². The molecule has 4 heteroatoms. The Bertz CT molecular complexity index is 561. The van der Waals surface area contributed by atoms with Crippen LogP contribution in [0.1, 0.15) is 24.0 Å². The second kappa shape index (κ2) is 7.36. The highest BCUT2D eigenvalue weighted by atomic mass is 15.2. The molecule has 0 N–H and O–H groups in total. The third-order valence-corrected chi connectivity index (χ3v) is 4.22. The molecular formula is C18H24N4. The van der Waals surface area contributed by atoms with Gasteiger partial charge in [-0.25, -0.2) is 4.98 Å². The maximum absolute atomic E-state index is 4.62. The summed E-state index contributed by atoms with van der Waals surface area (Å²) in [6, 6.07) is 8.54. The second-order valence-corrected chi connectivity index (χ2v) is 6.06. The van der Waals surface area contributed by atoms with E-state index >= 15 is 0 Å².